The molecule has 98 valence electrons. The number of nitrogens with one attached hydrogen (secondary N) is 1. The van der Waals surface area contributed by atoms with Crippen LogP contribution < -0.4 is 11.1 Å². The van der Waals surface area contributed by atoms with Crippen molar-refractivity contribution in [1.29, 1.82) is 0 Å². The van der Waals surface area contributed by atoms with Gasteiger partial charge in [0.15, 0.2) is 0 Å². The van der Waals surface area contributed by atoms with Gasteiger partial charge < -0.3 is 15.8 Å². The summed E-state index contributed by atoms with van der Waals surface area (Å²) in [7, 11) is 1.38. The number of nitrogen functional groups attached to an aromatic ring is 1. The molecule has 0 aliphatic heterocycles. The first kappa shape index (κ1) is 13.0. The molecule has 0 radical (unpaired) electrons. The van der Waals surface area contributed by atoms with Crippen LogP contribution in [0.15, 0.2) is 42.5 Å². The van der Waals surface area contributed by atoms with Crippen molar-refractivity contribution in [1.82, 2.24) is 0 Å². The Labute approximate surface area is 112 Å². The number of nitrogens with two attached hydrogens (primary N) is 1. The first-order valence-corrected chi connectivity index (χ1v) is 5.92. The van der Waals surface area contributed by atoms with E-state index < -0.39 is 0 Å². The number of hydrogen-bond acceptors (Lipinski definition) is 4. The summed E-state index contributed by atoms with van der Waals surface area (Å²) in [6.07, 6.45) is 0. The second-order valence-electron chi connectivity index (χ2n) is 4.22. The predicted molar refractivity (Wildman–Crippen MR) is 76.7 cm³/mol. The van der Waals surface area contributed by atoms with Crippen molar-refractivity contribution in [3.05, 3.63) is 53.6 Å². The minimum absolute atomic E-state index is 0.335. The molecule has 0 aliphatic carbocycles. The summed E-state index contributed by atoms with van der Waals surface area (Å²) < 4.78 is 4.75. The number of methoxy groups -OCH3 is 1. The van der Waals surface area contributed by atoms with Crippen LogP contribution in [0.1, 0.15) is 15.9 Å². The maximum atomic E-state index is 11.6. The smallest absolute Gasteiger partial charge is 0.338 e. The summed E-state index contributed by atoms with van der Waals surface area (Å²) in [5.41, 5.74) is 9.55. The third-order valence-corrected chi connectivity index (χ3v) is 2.93. The van der Waals surface area contributed by atoms with E-state index in [0.717, 1.165) is 16.9 Å². The Morgan fingerprint density at radius 1 is 1.16 bits per heavy atom. The predicted octanol–water partition coefficient (Wildman–Crippen LogP) is 3.11. The third-order valence-electron chi connectivity index (χ3n) is 2.93. The van der Waals surface area contributed by atoms with Gasteiger partial charge in [-0.25, -0.2) is 4.79 Å². The number of benzene rings is 2. The zero-order valence-electron chi connectivity index (χ0n) is 10.9. The van der Waals surface area contributed by atoms with Gasteiger partial charge >= 0.3 is 5.97 Å². The third kappa shape index (κ3) is 2.85. The minimum Gasteiger partial charge on any atom is -0.465 e. The molecular formula is C15H16N2O2. The van der Waals surface area contributed by atoms with E-state index in [2.05, 4.69) is 5.32 Å². The summed E-state index contributed by atoms with van der Waals surface area (Å²) in [4.78, 5) is 11.6. The van der Waals surface area contributed by atoms with Gasteiger partial charge in [-0.3, -0.25) is 0 Å². The number of carbonyl (C=O) groups excluding carboxylic acids is 1. The van der Waals surface area contributed by atoms with Gasteiger partial charge in [-0.2, -0.15) is 0 Å². The molecule has 0 saturated heterocycles. The highest BCUT2D eigenvalue weighted by Gasteiger charge is 2.11. The van der Waals surface area contributed by atoms with E-state index in [1.54, 1.807) is 6.07 Å². The molecule has 2 aromatic carbocycles. The fraction of sp³-hybridized carbons (Fsp3) is 0.133. The normalized spacial score (nSPS) is 10.0. The van der Waals surface area contributed by atoms with Crippen LogP contribution in [0.3, 0.4) is 0 Å². The Morgan fingerprint density at radius 3 is 2.47 bits per heavy atom. The first-order valence-electron chi connectivity index (χ1n) is 5.92. The number of carbonyl (C=O) groups is 1. The van der Waals surface area contributed by atoms with Crippen molar-refractivity contribution in [3.8, 4) is 0 Å². The van der Waals surface area contributed by atoms with Crippen LogP contribution in [0.2, 0.25) is 0 Å². The van der Waals surface area contributed by atoms with Crippen LogP contribution in [-0.2, 0) is 4.74 Å². The van der Waals surface area contributed by atoms with Crippen molar-refractivity contribution < 1.29 is 9.53 Å². The van der Waals surface area contributed by atoms with Crippen LogP contribution in [0.4, 0.5) is 17.1 Å². The lowest BCUT2D eigenvalue weighted by Gasteiger charge is -2.12. The van der Waals surface area contributed by atoms with E-state index in [-0.39, 0.29) is 5.97 Å². The lowest BCUT2D eigenvalue weighted by molar-refractivity contribution is 0.0600. The topological polar surface area (TPSA) is 64.3 Å². The number of esters is 1. The van der Waals surface area contributed by atoms with E-state index >= 15 is 0 Å². The summed E-state index contributed by atoms with van der Waals surface area (Å²) in [6.45, 7) is 1.88. The Kier molecular flexibility index (Phi) is 3.71. The molecule has 0 amide bonds. The fourth-order valence-electron chi connectivity index (χ4n) is 1.82. The van der Waals surface area contributed by atoms with Gasteiger partial charge in [-0.15, -0.1) is 0 Å². The van der Waals surface area contributed by atoms with Crippen LogP contribution in [-0.4, -0.2) is 13.1 Å². The van der Waals surface area contributed by atoms with Gasteiger partial charge in [0.2, 0.25) is 0 Å². The number of anilines is 3. The zero-order chi connectivity index (χ0) is 13.8. The van der Waals surface area contributed by atoms with E-state index in [9.17, 15) is 4.79 Å². The maximum Gasteiger partial charge on any atom is 0.338 e. The van der Waals surface area contributed by atoms with Crippen molar-refractivity contribution >= 4 is 23.0 Å². The van der Waals surface area contributed by atoms with E-state index in [1.807, 2.05) is 43.3 Å². The molecule has 2 aromatic rings. The van der Waals surface area contributed by atoms with Crippen molar-refractivity contribution in [2.75, 3.05) is 18.2 Å². The molecule has 0 atom stereocenters. The van der Waals surface area contributed by atoms with Crippen molar-refractivity contribution in [2.24, 2.45) is 0 Å². The molecule has 4 nitrogen and oxygen atoms in total. The second-order valence-corrected chi connectivity index (χ2v) is 4.22. The fourth-order valence-corrected chi connectivity index (χ4v) is 1.82. The van der Waals surface area contributed by atoms with Gasteiger partial charge in [-0.05, 0) is 48.9 Å². The molecule has 0 bridgehead atoms. The number of hydrogen-bond donors (Lipinski definition) is 2. The monoisotopic (exact) mass is 256 g/mol. The number of ether oxygens (including phenoxy) is 1. The summed E-state index contributed by atoms with van der Waals surface area (Å²) in [6, 6.07) is 12.9. The summed E-state index contributed by atoms with van der Waals surface area (Å²) in [5.74, 6) is -0.335. The van der Waals surface area contributed by atoms with E-state index in [4.69, 9.17) is 10.5 Å². The Morgan fingerprint density at radius 2 is 1.84 bits per heavy atom. The molecule has 0 fully saturated rings. The minimum atomic E-state index is -0.335. The van der Waals surface area contributed by atoms with E-state index in [1.165, 1.54) is 7.11 Å². The second kappa shape index (κ2) is 5.44. The molecule has 0 saturated carbocycles. The molecule has 0 spiro atoms. The number of rotatable bonds is 3. The zero-order valence-corrected chi connectivity index (χ0v) is 10.9. The molecule has 0 heterocycles. The standard InChI is InChI=1S/C15H16N2O2/c1-10-13(15(18)19-2)4-3-5-14(10)17-12-8-6-11(16)7-9-12/h3-9,17H,16H2,1-2H3. The highest BCUT2D eigenvalue weighted by atomic mass is 16.5. The van der Waals surface area contributed by atoms with Gasteiger partial charge in [0.25, 0.3) is 0 Å². The van der Waals surface area contributed by atoms with Crippen LogP contribution in [0.5, 0.6) is 0 Å². The van der Waals surface area contributed by atoms with Crippen LogP contribution in [0, 0.1) is 6.92 Å². The molecular weight excluding hydrogens is 240 g/mol. The highest BCUT2D eigenvalue weighted by molar-refractivity contribution is 5.93. The SMILES string of the molecule is COC(=O)c1cccc(Nc2ccc(N)cc2)c1C. The lowest BCUT2D eigenvalue weighted by atomic mass is 10.1. The quantitative estimate of drug-likeness (QED) is 0.654. The Hall–Kier alpha value is -2.49. The van der Waals surface area contributed by atoms with Gasteiger partial charge in [-0.1, -0.05) is 6.07 Å². The Balaban J connectivity index is 2.30. The first-order chi connectivity index (χ1) is 9.11. The average molecular weight is 256 g/mol. The van der Waals surface area contributed by atoms with Crippen molar-refractivity contribution in [3.63, 3.8) is 0 Å². The molecule has 4 heteroatoms. The van der Waals surface area contributed by atoms with Crippen LogP contribution >= 0.6 is 0 Å². The largest absolute Gasteiger partial charge is 0.465 e. The van der Waals surface area contributed by atoms with E-state index in [0.29, 0.717) is 11.3 Å². The Bertz CT molecular complexity index is 592. The molecule has 2 rings (SSSR count). The molecule has 19 heavy (non-hydrogen) atoms. The molecule has 3 N–H and O–H groups in total. The summed E-state index contributed by atoms with van der Waals surface area (Å²) >= 11 is 0. The van der Waals surface area contributed by atoms with Gasteiger partial charge in [0.1, 0.15) is 0 Å². The molecule has 0 aliphatic rings. The van der Waals surface area contributed by atoms with Crippen molar-refractivity contribution in [2.45, 2.75) is 6.92 Å². The molecule has 0 aromatic heterocycles. The highest BCUT2D eigenvalue weighted by Crippen LogP contribution is 2.24. The lowest BCUT2D eigenvalue weighted by Crippen LogP contribution is -2.05. The molecule has 0 unspecified atom stereocenters. The average Bonchev–Trinajstić information content (AvgIpc) is 2.43. The maximum absolute atomic E-state index is 11.6. The van der Waals surface area contributed by atoms with Gasteiger partial charge in [0, 0.05) is 17.1 Å². The summed E-state index contributed by atoms with van der Waals surface area (Å²) in [5, 5.41) is 3.26. The van der Waals surface area contributed by atoms with Gasteiger partial charge in [0.05, 0.1) is 12.7 Å². The van der Waals surface area contributed by atoms with Crippen LogP contribution in [0.25, 0.3) is 0 Å².